The molecule has 0 radical (unpaired) electrons. The summed E-state index contributed by atoms with van der Waals surface area (Å²) in [6.45, 7) is 4.01. The summed E-state index contributed by atoms with van der Waals surface area (Å²) in [6, 6.07) is 11.2. The van der Waals surface area contributed by atoms with Crippen LogP contribution >= 0.6 is 27.5 Å². The van der Waals surface area contributed by atoms with Gasteiger partial charge in [0.15, 0.2) is 0 Å². The fourth-order valence-electron chi connectivity index (χ4n) is 1.95. The average molecular weight is 341 g/mol. The number of phenolic OH excluding ortho intramolecular Hbond substituents is 1. The molecule has 0 aliphatic carbocycles. The maximum atomic E-state index is 9.93. The van der Waals surface area contributed by atoms with Crippen molar-refractivity contribution in [2.24, 2.45) is 0 Å². The molecule has 0 bridgehead atoms. The van der Waals surface area contributed by atoms with E-state index in [1.165, 1.54) is 0 Å². The number of phenols is 1. The molecule has 2 N–H and O–H groups in total. The minimum absolute atomic E-state index is 0.0188. The monoisotopic (exact) mass is 339 g/mol. The third kappa shape index (κ3) is 3.23. The normalized spacial score (nSPS) is 12.2. The molecule has 0 amide bonds. The molecule has 1 atom stereocenters. The lowest BCUT2D eigenvalue weighted by molar-refractivity contribution is 0.465. The van der Waals surface area contributed by atoms with E-state index < -0.39 is 0 Å². The molecule has 19 heavy (non-hydrogen) atoms. The number of aromatic hydroxyl groups is 1. The molecule has 0 aliphatic heterocycles. The summed E-state index contributed by atoms with van der Waals surface area (Å²) in [4.78, 5) is 0. The Labute approximate surface area is 126 Å². The van der Waals surface area contributed by atoms with Gasteiger partial charge in [-0.2, -0.15) is 0 Å². The van der Waals surface area contributed by atoms with Gasteiger partial charge in [-0.3, -0.25) is 0 Å². The van der Waals surface area contributed by atoms with Crippen LogP contribution in [0.4, 0.5) is 5.69 Å². The van der Waals surface area contributed by atoms with Crippen LogP contribution in [0.5, 0.6) is 5.75 Å². The Bertz CT molecular complexity index is 601. The van der Waals surface area contributed by atoms with Crippen molar-refractivity contribution in [3.05, 3.63) is 57.0 Å². The van der Waals surface area contributed by atoms with Crippen molar-refractivity contribution in [3.63, 3.8) is 0 Å². The standard InChI is InChI=1S/C15H15BrClNO/c1-9-6-7-14(19)11(8-9)10(2)18-13-5-3-4-12(17)15(13)16/h3-8,10,18-19H,1-2H3. The first-order valence-corrected chi connectivity index (χ1v) is 7.16. The van der Waals surface area contributed by atoms with Crippen molar-refractivity contribution in [1.82, 2.24) is 0 Å². The van der Waals surface area contributed by atoms with Crippen LogP contribution in [0.3, 0.4) is 0 Å². The molecule has 2 aromatic rings. The number of aryl methyl sites for hydroxylation is 1. The first-order valence-electron chi connectivity index (χ1n) is 5.99. The van der Waals surface area contributed by atoms with E-state index in [-0.39, 0.29) is 6.04 Å². The molecule has 4 heteroatoms. The van der Waals surface area contributed by atoms with Crippen LogP contribution in [-0.4, -0.2) is 5.11 Å². The van der Waals surface area contributed by atoms with Crippen LogP contribution < -0.4 is 5.32 Å². The molecule has 2 rings (SSSR count). The first-order chi connectivity index (χ1) is 8.99. The average Bonchev–Trinajstić information content (AvgIpc) is 2.38. The minimum Gasteiger partial charge on any atom is -0.508 e. The molecule has 2 nitrogen and oxygen atoms in total. The maximum absolute atomic E-state index is 9.93. The Morgan fingerprint density at radius 1 is 1.26 bits per heavy atom. The predicted molar refractivity (Wildman–Crippen MR) is 84.0 cm³/mol. The van der Waals surface area contributed by atoms with Crippen LogP contribution in [0.2, 0.25) is 5.02 Å². The number of anilines is 1. The molecule has 2 aromatic carbocycles. The SMILES string of the molecule is Cc1ccc(O)c(C(C)Nc2cccc(Cl)c2Br)c1. The Morgan fingerprint density at radius 2 is 2.00 bits per heavy atom. The summed E-state index contributed by atoms with van der Waals surface area (Å²) in [5, 5.41) is 13.9. The van der Waals surface area contributed by atoms with E-state index in [9.17, 15) is 5.11 Å². The number of hydrogen-bond donors (Lipinski definition) is 2. The second-order valence-electron chi connectivity index (χ2n) is 4.53. The van der Waals surface area contributed by atoms with Gasteiger partial charge in [0.1, 0.15) is 5.75 Å². The molecule has 100 valence electrons. The number of benzene rings is 2. The van der Waals surface area contributed by atoms with Crippen molar-refractivity contribution in [2.75, 3.05) is 5.32 Å². The van der Waals surface area contributed by atoms with Crippen LogP contribution in [0.15, 0.2) is 40.9 Å². The lowest BCUT2D eigenvalue weighted by Crippen LogP contribution is -2.07. The summed E-state index contributed by atoms with van der Waals surface area (Å²) in [5.74, 6) is 0.295. The summed E-state index contributed by atoms with van der Waals surface area (Å²) < 4.78 is 0.829. The zero-order valence-electron chi connectivity index (χ0n) is 10.7. The highest BCUT2D eigenvalue weighted by atomic mass is 79.9. The van der Waals surface area contributed by atoms with E-state index in [4.69, 9.17) is 11.6 Å². The van der Waals surface area contributed by atoms with Crippen molar-refractivity contribution >= 4 is 33.2 Å². The molecule has 0 saturated heterocycles. The van der Waals surface area contributed by atoms with E-state index in [1.54, 1.807) is 6.07 Å². The van der Waals surface area contributed by atoms with Crippen LogP contribution in [0.1, 0.15) is 24.1 Å². The largest absolute Gasteiger partial charge is 0.508 e. The fraction of sp³-hybridized carbons (Fsp3) is 0.200. The number of hydrogen-bond acceptors (Lipinski definition) is 2. The molecule has 0 saturated carbocycles. The maximum Gasteiger partial charge on any atom is 0.120 e. The van der Waals surface area contributed by atoms with E-state index in [1.807, 2.05) is 44.2 Å². The molecular weight excluding hydrogens is 326 g/mol. The molecule has 0 aromatic heterocycles. The van der Waals surface area contributed by atoms with Gasteiger partial charge in [-0.1, -0.05) is 35.4 Å². The number of rotatable bonds is 3. The van der Waals surface area contributed by atoms with Gasteiger partial charge in [0.05, 0.1) is 21.2 Å². The highest BCUT2D eigenvalue weighted by molar-refractivity contribution is 9.10. The smallest absolute Gasteiger partial charge is 0.120 e. The third-order valence-corrected chi connectivity index (χ3v) is 4.37. The molecule has 0 fully saturated rings. The van der Waals surface area contributed by atoms with Crippen molar-refractivity contribution in [3.8, 4) is 5.75 Å². The van der Waals surface area contributed by atoms with E-state index in [0.29, 0.717) is 10.8 Å². The van der Waals surface area contributed by atoms with Gasteiger partial charge < -0.3 is 10.4 Å². The lowest BCUT2D eigenvalue weighted by atomic mass is 10.0. The zero-order valence-corrected chi connectivity index (χ0v) is 13.1. The summed E-state index contributed by atoms with van der Waals surface area (Å²) >= 11 is 9.52. The van der Waals surface area contributed by atoms with Crippen LogP contribution in [0, 0.1) is 6.92 Å². The van der Waals surface area contributed by atoms with Gasteiger partial charge in [0.2, 0.25) is 0 Å². The zero-order chi connectivity index (χ0) is 14.0. The van der Waals surface area contributed by atoms with E-state index >= 15 is 0 Å². The summed E-state index contributed by atoms with van der Waals surface area (Å²) in [6.07, 6.45) is 0. The van der Waals surface area contributed by atoms with Crippen LogP contribution in [0.25, 0.3) is 0 Å². The molecule has 0 heterocycles. The third-order valence-electron chi connectivity index (χ3n) is 2.97. The lowest BCUT2D eigenvalue weighted by Gasteiger charge is -2.18. The second-order valence-corrected chi connectivity index (χ2v) is 5.73. The molecule has 0 spiro atoms. The second kappa shape index (κ2) is 5.85. The predicted octanol–water partition coefficient (Wildman–Crippen LogP) is 5.29. The molecule has 1 unspecified atom stereocenters. The topological polar surface area (TPSA) is 32.3 Å². The summed E-state index contributed by atoms with van der Waals surface area (Å²) in [7, 11) is 0. The molecule has 0 aliphatic rings. The number of halogens is 2. The van der Waals surface area contributed by atoms with Gasteiger partial charge in [0.25, 0.3) is 0 Å². The van der Waals surface area contributed by atoms with E-state index in [2.05, 4.69) is 21.2 Å². The van der Waals surface area contributed by atoms with Gasteiger partial charge in [-0.05, 0) is 48.0 Å². The van der Waals surface area contributed by atoms with Crippen LogP contribution in [-0.2, 0) is 0 Å². The van der Waals surface area contributed by atoms with Gasteiger partial charge in [-0.25, -0.2) is 0 Å². The van der Waals surface area contributed by atoms with Crippen molar-refractivity contribution in [2.45, 2.75) is 19.9 Å². The highest BCUT2D eigenvalue weighted by Gasteiger charge is 2.12. The van der Waals surface area contributed by atoms with Gasteiger partial charge >= 0.3 is 0 Å². The summed E-state index contributed by atoms with van der Waals surface area (Å²) in [5.41, 5.74) is 2.89. The molecular formula is C15H15BrClNO. The Hall–Kier alpha value is -1.19. The minimum atomic E-state index is -0.0188. The highest BCUT2D eigenvalue weighted by Crippen LogP contribution is 2.34. The Kier molecular flexibility index (Phi) is 4.38. The fourth-order valence-corrected chi connectivity index (χ4v) is 2.50. The number of nitrogens with one attached hydrogen (secondary N) is 1. The van der Waals surface area contributed by atoms with Crippen molar-refractivity contribution < 1.29 is 5.11 Å². The Morgan fingerprint density at radius 3 is 2.74 bits per heavy atom. The van der Waals surface area contributed by atoms with Gasteiger partial charge in [-0.15, -0.1) is 0 Å². The van der Waals surface area contributed by atoms with Crippen molar-refractivity contribution in [1.29, 1.82) is 0 Å². The van der Waals surface area contributed by atoms with E-state index in [0.717, 1.165) is 21.3 Å². The Balaban J connectivity index is 2.28. The quantitative estimate of drug-likeness (QED) is 0.795. The first kappa shape index (κ1) is 14.2. The van der Waals surface area contributed by atoms with Gasteiger partial charge in [0, 0.05) is 5.56 Å².